The lowest BCUT2D eigenvalue weighted by Crippen LogP contribution is -2.35. The van der Waals surface area contributed by atoms with Gasteiger partial charge in [-0.2, -0.15) is 0 Å². The molecule has 0 radical (unpaired) electrons. The molecule has 5 nitrogen and oxygen atoms in total. The molecule has 1 saturated heterocycles. The van der Waals surface area contributed by atoms with Crippen molar-refractivity contribution in [3.63, 3.8) is 0 Å². The SMILES string of the molecule is Cc1ccc(C2CC(C)N(C(=O)c3cc(C)ccc3S(N)(=O)=O)C2)cc1. The number of likely N-dealkylation sites (tertiary alicyclic amines) is 1. The highest BCUT2D eigenvalue weighted by atomic mass is 32.2. The van der Waals surface area contributed by atoms with E-state index >= 15 is 0 Å². The van der Waals surface area contributed by atoms with Crippen LogP contribution in [-0.4, -0.2) is 31.8 Å². The maximum atomic E-state index is 13.1. The number of hydrogen-bond donors (Lipinski definition) is 1. The van der Waals surface area contributed by atoms with E-state index in [1.807, 2.05) is 20.8 Å². The number of rotatable bonds is 3. The van der Waals surface area contributed by atoms with Crippen molar-refractivity contribution in [1.82, 2.24) is 4.90 Å². The summed E-state index contributed by atoms with van der Waals surface area (Å²) in [6.07, 6.45) is 0.853. The van der Waals surface area contributed by atoms with Gasteiger partial charge in [-0.3, -0.25) is 4.79 Å². The highest BCUT2D eigenvalue weighted by molar-refractivity contribution is 7.89. The van der Waals surface area contributed by atoms with Crippen LogP contribution in [0, 0.1) is 13.8 Å². The van der Waals surface area contributed by atoms with E-state index in [-0.39, 0.29) is 28.3 Å². The molecule has 1 heterocycles. The van der Waals surface area contributed by atoms with Gasteiger partial charge in [-0.25, -0.2) is 13.6 Å². The molecule has 0 aliphatic carbocycles. The fraction of sp³-hybridized carbons (Fsp3) is 0.350. The highest BCUT2D eigenvalue weighted by Gasteiger charge is 2.35. The van der Waals surface area contributed by atoms with Gasteiger partial charge < -0.3 is 4.90 Å². The van der Waals surface area contributed by atoms with Gasteiger partial charge in [0.25, 0.3) is 5.91 Å². The number of benzene rings is 2. The molecule has 2 atom stereocenters. The molecule has 3 rings (SSSR count). The molecule has 138 valence electrons. The largest absolute Gasteiger partial charge is 0.335 e. The highest BCUT2D eigenvalue weighted by Crippen LogP contribution is 2.33. The second-order valence-electron chi connectivity index (χ2n) is 7.19. The van der Waals surface area contributed by atoms with Crippen LogP contribution in [0.25, 0.3) is 0 Å². The number of nitrogens with two attached hydrogens (primary N) is 1. The summed E-state index contributed by atoms with van der Waals surface area (Å²) in [5, 5.41) is 5.31. The van der Waals surface area contributed by atoms with Crippen LogP contribution in [0.1, 0.15) is 46.3 Å². The molecule has 2 aromatic carbocycles. The summed E-state index contributed by atoms with van der Waals surface area (Å²) in [5.41, 5.74) is 3.38. The maximum Gasteiger partial charge on any atom is 0.255 e. The topological polar surface area (TPSA) is 80.5 Å². The van der Waals surface area contributed by atoms with Crippen LogP contribution in [0.5, 0.6) is 0 Å². The Bertz CT molecular complexity index is 936. The Labute approximate surface area is 154 Å². The first-order valence-electron chi connectivity index (χ1n) is 8.68. The number of carbonyl (C=O) groups is 1. The number of hydrogen-bond acceptors (Lipinski definition) is 3. The number of carbonyl (C=O) groups excluding carboxylic acids is 1. The first-order valence-corrected chi connectivity index (χ1v) is 10.2. The number of sulfonamides is 1. The maximum absolute atomic E-state index is 13.1. The quantitative estimate of drug-likeness (QED) is 0.899. The molecule has 2 aromatic rings. The Morgan fingerprint density at radius 3 is 2.31 bits per heavy atom. The van der Waals surface area contributed by atoms with Crippen molar-refractivity contribution < 1.29 is 13.2 Å². The monoisotopic (exact) mass is 372 g/mol. The third-order valence-corrected chi connectivity index (χ3v) is 6.03. The Kier molecular flexibility index (Phi) is 4.90. The van der Waals surface area contributed by atoms with E-state index in [4.69, 9.17) is 5.14 Å². The van der Waals surface area contributed by atoms with E-state index in [1.54, 1.807) is 17.0 Å². The molecule has 1 fully saturated rings. The summed E-state index contributed by atoms with van der Waals surface area (Å²) in [4.78, 5) is 14.8. The summed E-state index contributed by atoms with van der Waals surface area (Å²) in [7, 11) is -3.96. The molecular weight excluding hydrogens is 348 g/mol. The standard InChI is InChI=1S/C20H24N2O3S/c1-13-4-7-16(8-5-13)17-11-15(3)22(12-17)20(23)18-10-14(2)6-9-19(18)26(21,24)25/h4-10,15,17H,11-12H2,1-3H3,(H2,21,24,25). The van der Waals surface area contributed by atoms with Gasteiger partial charge in [0.05, 0.1) is 10.5 Å². The number of amides is 1. The van der Waals surface area contributed by atoms with Crippen LogP contribution < -0.4 is 5.14 Å². The average Bonchev–Trinajstić information content (AvgIpc) is 2.95. The van der Waals surface area contributed by atoms with Crippen molar-refractivity contribution in [1.29, 1.82) is 0 Å². The van der Waals surface area contributed by atoms with Crippen molar-refractivity contribution in [3.05, 3.63) is 64.7 Å². The number of aryl methyl sites for hydroxylation is 2. The first kappa shape index (κ1) is 18.6. The summed E-state index contributed by atoms with van der Waals surface area (Å²) in [6.45, 7) is 6.44. The summed E-state index contributed by atoms with van der Waals surface area (Å²) < 4.78 is 23.8. The van der Waals surface area contributed by atoms with Crippen LogP contribution in [0.2, 0.25) is 0 Å². The molecule has 0 saturated carbocycles. The summed E-state index contributed by atoms with van der Waals surface area (Å²) in [6, 6.07) is 13.0. The van der Waals surface area contributed by atoms with Crippen LogP contribution in [0.4, 0.5) is 0 Å². The molecule has 2 unspecified atom stereocenters. The van der Waals surface area contributed by atoms with Gasteiger partial charge in [-0.1, -0.05) is 41.5 Å². The van der Waals surface area contributed by atoms with Gasteiger partial charge in [0.2, 0.25) is 10.0 Å². The van der Waals surface area contributed by atoms with E-state index in [0.29, 0.717) is 6.54 Å². The minimum absolute atomic E-state index is 0.0302. The van der Waals surface area contributed by atoms with Crippen molar-refractivity contribution in [2.75, 3.05) is 6.54 Å². The van der Waals surface area contributed by atoms with Crippen LogP contribution in [0.15, 0.2) is 47.4 Å². The molecule has 1 aliphatic heterocycles. The third kappa shape index (κ3) is 3.66. The van der Waals surface area contributed by atoms with E-state index in [2.05, 4.69) is 24.3 Å². The Morgan fingerprint density at radius 1 is 1.08 bits per heavy atom. The van der Waals surface area contributed by atoms with Gasteiger partial charge >= 0.3 is 0 Å². The fourth-order valence-electron chi connectivity index (χ4n) is 3.61. The molecule has 0 bridgehead atoms. The smallest absolute Gasteiger partial charge is 0.255 e. The second kappa shape index (κ2) is 6.85. The first-order chi connectivity index (χ1) is 12.2. The Morgan fingerprint density at radius 2 is 1.69 bits per heavy atom. The van der Waals surface area contributed by atoms with Crippen molar-refractivity contribution in [3.8, 4) is 0 Å². The van der Waals surface area contributed by atoms with Crippen LogP contribution >= 0.6 is 0 Å². The average molecular weight is 372 g/mol. The molecular formula is C20H24N2O3S. The third-order valence-electron chi connectivity index (χ3n) is 5.06. The lowest BCUT2D eigenvalue weighted by molar-refractivity contribution is 0.0742. The number of primary sulfonamides is 1. The van der Waals surface area contributed by atoms with Gasteiger partial charge in [0.1, 0.15) is 0 Å². The molecule has 26 heavy (non-hydrogen) atoms. The predicted octanol–water partition coefficient (Wildman–Crippen LogP) is 2.97. The zero-order chi connectivity index (χ0) is 19.1. The van der Waals surface area contributed by atoms with Crippen molar-refractivity contribution >= 4 is 15.9 Å². The molecule has 6 heteroatoms. The zero-order valence-corrected chi connectivity index (χ0v) is 16.1. The molecule has 1 amide bonds. The fourth-order valence-corrected chi connectivity index (χ4v) is 4.32. The summed E-state index contributed by atoms with van der Waals surface area (Å²) in [5.74, 6) is -0.0304. The summed E-state index contributed by atoms with van der Waals surface area (Å²) >= 11 is 0. The Hall–Kier alpha value is -2.18. The molecule has 1 aliphatic rings. The lowest BCUT2D eigenvalue weighted by atomic mass is 9.96. The minimum atomic E-state index is -3.96. The van der Waals surface area contributed by atoms with Gasteiger partial charge in [-0.15, -0.1) is 0 Å². The predicted molar refractivity (Wildman–Crippen MR) is 102 cm³/mol. The van der Waals surface area contributed by atoms with Crippen molar-refractivity contribution in [2.24, 2.45) is 5.14 Å². The number of nitrogens with zero attached hydrogens (tertiary/aromatic N) is 1. The molecule has 0 aromatic heterocycles. The van der Waals surface area contributed by atoms with E-state index < -0.39 is 10.0 Å². The van der Waals surface area contributed by atoms with Gasteiger partial charge in [0.15, 0.2) is 0 Å². The van der Waals surface area contributed by atoms with E-state index in [0.717, 1.165) is 12.0 Å². The normalized spacial score (nSPS) is 20.4. The Balaban J connectivity index is 1.91. The second-order valence-corrected chi connectivity index (χ2v) is 8.72. The van der Waals surface area contributed by atoms with Gasteiger partial charge in [-0.05, 0) is 44.9 Å². The minimum Gasteiger partial charge on any atom is -0.335 e. The zero-order valence-electron chi connectivity index (χ0n) is 15.3. The molecule has 0 spiro atoms. The van der Waals surface area contributed by atoms with Crippen LogP contribution in [0.3, 0.4) is 0 Å². The van der Waals surface area contributed by atoms with Gasteiger partial charge in [0, 0.05) is 18.5 Å². The van der Waals surface area contributed by atoms with Crippen LogP contribution in [-0.2, 0) is 10.0 Å². The molecule has 2 N–H and O–H groups in total. The van der Waals surface area contributed by atoms with E-state index in [1.165, 1.54) is 17.2 Å². The lowest BCUT2D eigenvalue weighted by Gasteiger charge is -2.23. The van der Waals surface area contributed by atoms with E-state index in [9.17, 15) is 13.2 Å². The van der Waals surface area contributed by atoms with Crippen molar-refractivity contribution in [2.45, 2.75) is 44.0 Å².